The third-order valence-corrected chi connectivity index (χ3v) is 2.62. The van der Waals surface area contributed by atoms with E-state index in [0.29, 0.717) is 12.2 Å². The van der Waals surface area contributed by atoms with Gasteiger partial charge in [0.1, 0.15) is 6.54 Å². The first kappa shape index (κ1) is 12.6. The summed E-state index contributed by atoms with van der Waals surface area (Å²) in [4.78, 5) is 27.7. The van der Waals surface area contributed by atoms with Crippen LogP contribution in [-0.2, 0) is 16.0 Å². The first-order chi connectivity index (χ1) is 7.63. The number of carbonyl (C=O) groups excluding carboxylic acids is 1. The van der Waals surface area contributed by atoms with Crippen molar-refractivity contribution in [1.29, 1.82) is 0 Å². The second-order valence-electron chi connectivity index (χ2n) is 3.37. The maximum atomic E-state index is 11.8. The van der Waals surface area contributed by atoms with Crippen molar-refractivity contribution in [2.24, 2.45) is 0 Å². The van der Waals surface area contributed by atoms with E-state index in [0.717, 1.165) is 6.42 Å². The van der Waals surface area contributed by atoms with Gasteiger partial charge in [-0.15, -0.1) is 11.3 Å². The number of thiazole rings is 1. The summed E-state index contributed by atoms with van der Waals surface area (Å²) >= 11 is 1.42. The molecule has 1 amide bonds. The van der Waals surface area contributed by atoms with Crippen LogP contribution in [0.1, 0.15) is 19.0 Å². The van der Waals surface area contributed by atoms with Crippen LogP contribution in [0.5, 0.6) is 0 Å². The zero-order valence-corrected chi connectivity index (χ0v) is 9.87. The second-order valence-corrected chi connectivity index (χ2v) is 4.08. The van der Waals surface area contributed by atoms with Gasteiger partial charge in [0.25, 0.3) is 0 Å². The predicted molar refractivity (Wildman–Crippen MR) is 60.3 cm³/mol. The number of nitrogens with zero attached hydrogens (tertiary/aromatic N) is 2. The Balaban J connectivity index is 2.56. The van der Waals surface area contributed by atoms with Crippen LogP contribution in [0, 0.1) is 0 Å². The lowest BCUT2D eigenvalue weighted by Crippen LogP contribution is -2.37. The molecule has 16 heavy (non-hydrogen) atoms. The van der Waals surface area contributed by atoms with Crippen LogP contribution >= 0.6 is 11.3 Å². The maximum absolute atomic E-state index is 11.8. The van der Waals surface area contributed by atoms with Gasteiger partial charge in [-0.25, -0.2) is 4.98 Å². The highest BCUT2D eigenvalue weighted by molar-refractivity contribution is 7.07. The van der Waals surface area contributed by atoms with Crippen LogP contribution in [-0.4, -0.2) is 40.0 Å². The minimum absolute atomic E-state index is 0.177. The van der Waals surface area contributed by atoms with Gasteiger partial charge in [0.05, 0.1) is 17.6 Å². The minimum Gasteiger partial charge on any atom is -0.480 e. The standard InChI is InChI=1S/C10H14N2O3S/c1-2-3-12(5-10(14)15)9(13)4-8-6-16-7-11-8/h6-7H,2-5H2,1H3,(H,14,15). The molecule has 1 aromatic heterocycles. The SMILES string of the molecule is CCCN(CC(=O)O)C(=O)Cc1cscn1. The molecule has 0 aliphatic heterocycles. The Morgan fingerprint density at radius 1 is 1.56 bits per heavy atom. The lowest BCUT2D eigenvalue weighted by atomic mass is 10.3. The summed E-state index contributed by atoms with van der Waals surface area (Å²) in [5, 5.41) is 10.5. The molecule has 0 spiro atoms. The molecule has 0 aromatic carbocycles. The number of hydrogen-bond donors (Lipinski definition) is 1. The number of aliphatic carboxylic acids is 1. The molecule has 0 aliphatic carbocycles. The first-order valence-electron chi connectivity index (χ1n) is 5.00. The molecule has 6 heteroatoms. The average Bonchev–Trinajstić information content (AvgIpc) is 2.69. The largest absolute Gasteiger partial charge is 0.480 e. The van der Waals surface area contributed by atoms with Gasteiger partial charge in [0, 0.05) is 11.9 Å². The smallest absolute Gasteiger partial charge is 0.323 e. The molecule has 1 aromatic rings. The van der Waals surface area contributed by atoms with Gasteiger partial charge in [0.2, 0.25) is 5.91 Å². The third kappa shape index (κ3) is 3.98. The molecular formula is C10H14N2O3S. The highest BCUT2D eigenvalue weighted by Gasteiger charge is 2.16. The van der Waals surface area contributed by atoms with E-state index in [1.807, 2.05) is 6.92 Å². The fourth-order valence-corrected chi connectivity index (χ4v) is 1.88. The highest BCUT2D eigenvalue weighted by atomic mass is 32.1. The molecule has 0 aliphatic rings. The van der Waals surface area contributed by atoms with Gasteiger partial charge in [-0.05, 0) is 6.42 Å². The van der Waals surface area contributed by atoms with Crippen LogP contribution in [0.3, 0.4) is 0 Å². The van der Waals surface area contributed by atoms with Crippen molar-refractivity contribution < 1.29 is 14.7 Å². The van der Waals surface area contributed by atoms with Gasteiger partial charge in [-0.2, -0.15) is 0 Å². The zero-order chi connectivity index (χ0) is 12.0. The number of aromatic nitrogens is 1. The predicted octanol–water partition coefficient (Wildman–Crippen LogP) is 1.01. The van der Waals surface area contributed by atoms with Crippen LogP contribution in [0.15, 0.2) is 10.9 Å². The topological polar surface area (TPSA) is 70.5 Å². The van der Waals surface area contributed by atoms with Gasteiger partial charge in [-0.3, -0.25) is 9.59 Å². The van der Waals surface area contributed by atoms with Crippen molar-refractivity contribution in [3.8, 4) is 0 Å². The van der Waals surface area contributed by atoms with Crippen LogP contribution in [0.4, 0.5) is 0 Å². The van der Waals surface area contributed by atoms with Gasteiger partial charge in [-0.1, -0.05) is 6.92 Å². The Kier molecular flexibility index (Phi) is 4.91. The number of amides is 1. The molecule has 1 N–H and O–H groups in total. The van der Waals surface area contributed by atoms with Gasteiger partial charge >= 0.3 is 5.97 Å². The van der Waals surface area contributed by atoms with E-state index in [-0.39, 0.29) is 18.9 Å². The number of rotatable bonds is 6. The molecule has 0 bridgehead atoms. The number of carbonyl (C=O) groups is 2. The Labute approximate surface area is 97.7 Å². The van der Waals surface area contributed by atoms with Crippen molar-refractivity contribution in [1.82, 2.24) is 9.88 Å². The zero-order valence-electron chi connectivity index (χ0n) is 9.05. The van der Waals surface area contributed by atoms with Crippen molar-refractivity contribution in [3.05, 3.63) is 16.6 Å². The number of hydrogen-bond acceptors (Lipinski definition) is 4. The van der Waals surface area contributed by atoms with Crippen molar-refractivity contribution in [3.63, 3.8) is 0 Å². The van der Waals surface area contributed by atoms with Crippen LogP contribution < -0.4 is 0 Å². The lowest BCUT2D eigenvalue weighted by Gasteiger charge is -2.19. The molecule has 5 nitrogen and oxygen atoms in total. The molecule has 88 valence electrons. The van der Waals surface area contributed by atoms with E-state index < -0.39 is 5.97 Å². The monoisotopic (exact) mass is 242 g/mol. The van der Waals surface area contributed by atoms with E-state index in [1.165, 1.54) is 16.2 Å². The summed E-state index contributed by atoms with van der Waals surface area (Å²) < 4.78 is 0. The van der Waals surface area contributed by atoms with Gasteiger partial charge < -0.3 is 10.0 Å². The Morgan fingerprint density at radius 2 is 2.31 bits per heavy atom. The molecule has 0 saturated heterocycles. The number of carboxylic acids is 1. The van der Waals surface area contributed by atoms with E-state index >= 15 is 0 Å². The summed E-state index contributed by atoms with van der Waals surface area (Å²) in [5.41, 5.74) is 2.35. The summed E-state index contributed by atoms with van der Waals surface area (Å²) in [6.45, 7) is 2.14. The quantitative estimate of drug-likeness (QED) is 0.808. The minimum atomic E-state index is -0.986. The van der Waals surface area contributed by atoms with E-state index in [1.54, 1.807) is 10.9 Å². The normalized spacial score (nSPS) is 10.1. The molecule has 0 unspecified atom stereocenters. The third-order valence-electron chi connectivity index (χ3n) is 1.99. The molecule has 0 radical (unpaired) electrons. The Hall–Kier alpha value is -1.43. The van der Waals surface area contributed by atoms with Crippen LogP contribution in [0.25, 0.3) is 0 Å². The van der Waals surface area contributed by atoms with Crippen LogP contribution in [0.2, 0.25) is 0 Å². The summed E-state index contributed by atoms with van der Waals surface area (Å²) in [6.07, 6.45) is 0.923. The van der Waals surface area contributed by atoms with E-state index in [4.69, 9.17) is 5.11 Å². The summed E-state index contributed by atoms with van der Waals surface area (Å²) in [7, 11) is 0. The van der Waals surface area contributed by atoms with Crippen molar-refractivity contribution in [2.45, 2.75) is 19.8 Å². The molecule has 1 heterocycles. The summed E-state index contributed by atoms with van der Waals surface area (Å²) in [5.74, 6) is -1.17. The molecule has 0 atom stereocenters. The first-order valence-corrected chi connectivity index (χ1v) is 5.94. The highest BCUT2D eigenvalue weighted by Crippen LogP contribution is 2.04. The molecular weight excluding hydrogens is 228 g/mol. The Morgan fingerprint density at radius 3 is 2.81 bits per heavy atom. The number of carboxylic acid groups (broad SMARTS) is 1. The fraction of sp³-hybridized carbons (Fsp3) is 0.500. The van der Waals surface area contributed by atoms with Crippen molar-refractivity contribution in [2.75, 3.05) is 13.1 Å². The lowest BCUT2D eigenvalue weighted by molar-refractivity contribution is -0.144. The molecule has 0 saturated carbocycles. The second kappa shape index (κ2) is 6.22. The maximum Gasteiger partial charge on any atom is 0.323 e. The summed E-state index contributed by atoms with van der Waals surface area (Å²) in [6, 6.07) is 0. The van der Waals surface area contributed by atoms with E-state index in [2.05, 4.69) is 4.98 Å². The molecule has 0 fully saturated rings. The van der Waals surface area contributed by atoms with Gasteiger partial charge in [0.15, 0.2) is 0 Å². The van der Waals surface area contributed by atoms with Crippen molar-refractivity contribution >= 4 is 23.2 Å². The average molecular weight is 242 g/mol. The van der Waals surface area contributed by atoms with E-state index in [9.17, 15) is 9.59 Å². The Bertz CT molecular complexity index is 351. The fourth-order valence-electron chi connectivity index (χ4n) is 1.32. The molecule has 1 rings (SSSR count).